The summed E-state index contributed by atoms with van der Waals surface area (Å²) in [6.07, 6.45) is 1.84. The Morgan fingerprint density at radius 2 is 1.86 bits per heavy atom. The standard InChI is InChI=1S/C18H22N2O7S/c1-13-5-6-14(28(24,25)19-7-3-2-4-8-19)11-15(13)17(22)27-12-16(21)20-9-10-26-18(20)23/h5-6,11H,2-4,7-10,12H2,1H3. The van der Waals surface area contributed by atoms with E-state index in [1.165, 1.54) is 22.5 Å². The number of carbonyl (C=O) groups excluding carboxylic acids is 3. The van der Waals surface area contributed by atoms with Gasteiger partial charge in [0.2, 0.25) is 10.0 Å². The van der Waals surface area contributed by atoms with E-state index in [0.29, 0.717) is 18.7 Å². The first kappa shape index (κ1) is 20.3. The number of carbonyl (C=O) groups is 3. The van der Waals surface area contributed by atoms with Crippen molar-refractivity contribution in [3.05, 3.63) is 29.3 Å². The normalized spacial score (nSPS) is 18.0. The molecule has 0 aliphatic carbocycles. The van der Waals surface area contributed by atoms with Gasteiger partial charge in [0.05, 0.1) is 17.0 Å². The van der Waals surface area contributed by atoms with Crippen LogP contribution in [-0.4, -0.2) is 68.4 Å². The van der Waals surface area contributed by atoms with Crippen molar-refractivity contribution in [2.24, 2.45) is 0 Å². The minimum absolute atomic E-state index is 0.0152. The fourth-order valence-electron chi connectivity index (χ4n) is 3.14. The first-order valence-electron chi connectivity index (χ1n) is 9.06. The molecule has 0 spiro atoms. The lowest BCUT2D eigenvalue weighted by Gasteiger charge is -2.26. The Morgan fingerprint density at radius 3 is 2.50 bits per heavy atom. The van der Waals surface area contributed by atoms with Crippen molar-refractivity contribution in [2.75, 3.05) is 32.8 Å². The summed E-state index contributed by atoms with van der Waals surface area (Å²) in [4.78, 5) is 36.6. The number of esters is 1. The molecule has 0 N–H and O–H groups in total. The minimum atomic E-state index is -3.70. The molecule has 0 saturated carbocycles. The molecule has 28 heavy (non-hydrogen) atoms. The van der Waals surface area contributed by atoms with Crippen molar-refractivity contribution >= 4 is 28.0 Å². The van der Waals surface area contributed by atoms with Gasteiger partial charge in [-0.3, -0.25) is 4.79 Å². The Balaban J connectivity index is 1.72. The number of nitrogens with zero attached hydrogens (tertiary/aromatic N) is 2. The number of benzene rings is 1. The van der Waals surface area contributed by atoms with Gasteiger partial charge in [0, 0.05) is 13.1 Å². The number of hydrogen-bond acceptors (Lipinski definition) is 7. The van der Waals surface area contributed by atoms with E-state index >= 15 is 0 Å². The third kappa shape index (κ3) is 4.17. The molecular weight excluding hydrogens is 388 g/mol. The lowest BCUT2D eigenvalue weighted by molar-refractivity contribution is -0.131. The summed E-state index contributed by atoms with van der Waals surface area (Å²) < 4.78 is 36.7. The van der Waals surface area contributed by atoms with Crippen molar-refractivity contribution in [2.45, 2.75) is 31.1 Å². The van der Waals surface area contributed by atoms with Gasteiger partial charge >= 0.3 is 12.1 Å². The zero-order valence-corrected chi connectivity index (χ0v) is 16.4. The third-order valence-corrected chi connectivity index (χ3v) is 6.67. The van der Waals surface area contributed by atoms with E-state index in [1.54, 1.807) is 6.92 Å². The second kappa shape index (κ2) is 8.27. The lowest BCUT2D eigenvalue weighted by Crippen LogP contribution is -2.36. The Kier molecular flexibility index (Phi) is 5.99. The Morgan fingerprint density at radius 1 is 1.14 bits per heavy atom. The maximum absolute atomic E-state index is 12.8. The molecule has 2 aliphatic heterocycles. The molecule has 0 bridgehead atoms. The fraction of sp³-hybridized carbons (Fsp3) is 0.500. The second-order valence-corrected chi connectivity index (χ2v) is 8.62. The van der Waals surface area contributed by atoms with E-state index in [1.807, 2.05) is 0 Å². The van der Waals surface area contributed by atoms with Crippen molar-refractivity contribution < 1.29 is 32.3 Å². The van der Waals surface area contributed by atoms with Crippen molar-refractivity contribution in [3.63, 3.8) is 0 Å². The van der Waals surface area contributed by atoms with Gasteiger partial charge in [0.15, 0.2) is 6.61 Å². The highest BCUT2D eigenvalue weighted by molar-refractivity contribution is 7.89. The van der Waals surface area contributed by atoms with E-state index in [0.717, 1.165) is 24.2 Å². The second-order valence-electron chi connectivity index (χ2n) is 6.68. The number of hydrogen-bond donors (Lipinski definition) is 0. The van der Waals surface area contributed by atoms with Gasteiger partial charge in [-0.15, -0.1) is 0 Å². The van der Waals surface area contributed by atoms with Gasteiger partial charge in [-0.25, -0.2) is 22.9 Å². The summed E-state index contributed by atoms with van der Waals surface area (Å²) in [6, 6.07) is 4.27. The van der Waals surface area contributed by atoms with E-state index in [4.69, 9.17) is 4.74 Å². The van der Waals surface area contributed by atoms with Gasteiger partial charge in [0.1, 0.15) is 6.61 Å². The summed E-state index contributed by atoms with van der Waals surface area (Å²) in [5.74, 6) is -1.51. The lowest BCUT2D eigenvalue weighted by atomic mass is 10.1. The monoisotopic (exact) mass is 410 g/mol. The Bertz CT molecular complexity index is 891. The molecule has 1 aromatic carbocycles. The molecular formula is C18H22N2O7S. The van der Waals surface area contributed by atoms with Gasteiger partial charge in [-0.05, 0) is 37.5 Å². The summed E-state index contributed by atoms with van der Waals surface area (Å²) in [6.45, 7) is 2.14. The van der Waals surface area contributed by atoms with E-state index < -0.39 is 34.6 Å². The average molecular weight is 410 g/mol. The number of aryl methyl sites for hydroxylation is 1. The summed E-state index contributed by atoms with van der Waals surface area (Å²) in [7, 11) is -3.70. The molecule has 0 aromatic heterocycles. The highest BCUT2D eigenvalue weighted by Gasteiger charge is 2.30. The van der Waals surface area contributed by atoms with E-state index in [9.17, 15) is 22.8 Å². The highest BCUT2D eigenvalue weighted by atomic mass is 32.2. The first-order chi connectivity index (χ1) is 13.3. The molecule has 2 aliphatic rings. The molecule has 2 saturated heterocycles. The van der Waals surface area contributed by atoms with Gasteiger partial charge in [-0.1, -0.05) is 12.5 Å². The number of piperidine rings is 1. The van der Waals surface area contributed by atoms with Crippen LogP contribution >= 0.6 is 0 Å². The Labute approximate surface area is 163 Å². The molecule has 0 unspecified atom stereocenters. The number of ether oxygens (including phenoxy) is 2. The molecule has 9 nitrogen and oxygen atoms in total. The van der Waals surface area contributed by atoms with Crippen molar-refractivity contribution in [1.29, 1.82) is 0 Å². The predicted molar refractivity (Wildman–Crippen MR) is 97.1 cm³/mol. The maximum Gasteiger partial charge on any atom is 0.416 e. The van der Waals surface area contributed by atoms with Crippen LogP contribution in [0.1, 0.15) is 35.2 Å². The molecule has 0 radical (unpaired) electrons. The van der Waals surface area contributed by atoms with Crippen LogP contribution in [0.5, 0.6) is 0 Å². The molecule has 0 atom stereocenters. The zero-order chi connectivity index (χ0) is 20.3. The smallest absolute Gasteiger partial charge is 0.416 e. The van der Waals surface area contributed by atoms with Crippen LogP contribution in [0.15, 0.2) is 23.1 Å². The predicted octanol–water partition coefficient (Wildman–Crippen LogP) is 1.31. The summed E-state index contributed by atoms with van der Waals surface area (Å²) in [5.41, 5.74) is 0.588. The van der Waals surface area contributed by atoms with Crippen LogP contribution in [0.2, 0.25) is 0 Å². The third-order valence-electron chi connectivity index (χ3n) is 4.77. The Hall–Kier alpha value is -2.46. The van der Waals surface area contributed by atoms with E-state index in [2.05, 4.69) is 4.74 Å². The SMILES string of the molecule is Cc1ccc(S(=O)(=O)N2CCCCC2)cc1C(=O)OCC(=O)N1CCOC1=O. The highest BCUT2D eigenvalue weighted by Crippen LogP contribution is 2.23. The van der Waals surface area contributed by atoms with Gasteiger partial charge in [0.25, 0.3) is 5.91 Å². The van der Waals surface area contributed by atoms with Gasteiger partial charge in [-0.2, -0.15) is 4.31 Å². The first-order valence-corrected chi connectivity index (χ1v) is 10.5. The minimum Gasteiger partial charge on any atom is -0.452 e. The number of amides is 2. The molecule has 3 rings (SSSR count). The summed E-state index contributed by atoms with van der Waals surface area (Å²) in [5, 5.41) is 0. The molecule has 152 valence electrons. The topological polar surface area (TPSA) is 110 Å². The number of imide groups is 1. The van der Waals surface area contributed by atoms with Crippen LogP contribution < -0.4 is 0 Å². The number of rotatable bonds is 5. The fourth-order valence-corrected chi connectivity index (χ4v) is 4.68. The largest absolute Gasteiger partial charge is 0.452 e. The van der Waals surface area contributed by atoms with Crippen molar-refractivity contribution in [3.8, 4) is 0 Å². The zero-order valence-electron chi connectivity index (χ0n) is 15.5. The number of cyclic esters (lactones) is 1. The molecule has 1 aromatic rings. The quantitative estimate of drug-likeness (QED) is 0.673. The van der Waals surface area contributed by atoms with Crippen molar-refractivity contribution in [1.82, 2.24) is 9.21 Å². The maximum atomic E-state index is 12.8. The van der Waals surface area contributed by atoms with Crippen LogP contribution in [0.25, 0.3) is 0 Å². The van der Waals surface area contributed by atoms with E-state index in [-0.39, 0.29) is 23.6 Å². The van der Waals surface area contributed by atoms with Crippen LogP contribution in [0.3, 0.4) is 0 Å². The molecule has 10 heteroatoms. The van der Waals surface area contributed by atoms with Crippen LogP contribution in [0, 0.1) is 6.92 Å². The molecule has 2 amide bonds. The molecule has 2 heterocycles. The summed E-state index contributed by atoms with van der Waals surface area (Å²) >= 11 is 0. The number of sulfonamides is 1. The van der Waals surface area contributed by atoms with Gasteiger partial charge < -0.3 is 9.47 Å². The van der Waals surface area contributed by atoms with Crippen LogP contribution in [0.4, 0.5) is 4.79 Å². The van der Waals surface area contributed by atoms with Crippen LogP contribution in [-0.2, 0) is 24.3 Å². The average Bonchev–Trinajstić information content (AvgIpc) is 3.12. The molecule has 2 fully saturated rings.